The second kappa shape index (κ2) is 4.09. The Morgan fingerprint density at radius 3 is 2.93 bits per heavy atom. The third-order valence-corrected chi connectivity index (χ3v) is 2.28. The van der Waals surface area contributed by atoms with E-state index in [0.717, 1.165) is 5.69 Å². The van der Waals surface area contributed by atoms with Crippen LogP contribution in [0.15, 0.2) is 16.8 Å². The fraction of sp³-hybridized carbons (Fsp3) is 0.125. The number of aromatic nitrogens is 3. The number of hydrogen-bond donors (Lipinski definition) is 2. The highest BCUT2D eigenvalue weighted by molar-refractivity contribution is 7.08. The zero-order valence-electron chi connectivity index (χ0n) is 7.97. The number of ether oxygens (including phenoxy) is 1. The Morgan fingerprint density at radius 1 is 1.40 bits per heavy atom. The van der Waals surface area contributed by atoms with E-state index in [0.29, 0.717) is 5.95 Å². The van der Waals surface area contributed by atoms with Gasteiger partial charge in [-0.15, -0.1) is 0 Å². The number of thiophene rings is 1. The molecule has 15 heavy (non-hydrogen) atoms. The van der Waals surface area contributed by atoms with Gasteiger partial charge in [-0.05, 0) is 11.4 Å². The Hall–Kier alpha value is -1.89. The summed E-state index contributed by atoms with van der Waals surface area (Å²) in [6.45, 7) is 0. The molecule has 2 heterocycles. The molecule has 0 unspecified atom stereocenters. The number of anilines is 3. The summed E-state index contributed by atoms with van der Waals surface area (Å²) >= 11 is 1.58. The molecule has 0 aliphatic rings. The summed E-state index contributed by atoms with van der Waals surface area (Å²) in [4.78, 5) is 11.7. The maximum absolute atomic E-state index is 5.48. The van der Waals surface area contributed by atoms with E-state index in [1.54, 1.807) is 11.3 Å². The van der Waals surface area contributed by atoms with Gasteiger partial charge in [0.2, 0.25) is 11.9 Å². The first-order chi connectivity index (χ1) is 7.28. The van der Waals surface area contributed by atoms with Crippen molar-refractivity contribution in [2.45, 2.75) is 0 Å². The first-order valence-electron chi connectivity index (χ1n) is 4.12. The van der Waals surface area contributed by atoms with Gasteiger partial charge in [0.15, 0.2) is 0 Å². The summed E-state index contributed by atoms with van der Waals surface area (Å²) in [6.07, 6.45) is 0. The van der Waals surface area contributed by atoms with Crippen LogP contribution in [0.25, 0.3) is 0 Å². The molecule has 0 aliphatic carbocycles. The maximum atomic E-state index is 5.48. The van der Waals surface area contributed by atoms with Crippen LogP contribution in [0.3, 0.4) is 0 Å². The number of methoxy groups -OCH3 is 1. The minimum Gasteiger partial charge on any atom is -0.467 e. The molecule has 6 nitrogen and oxygen atoms in total. The van der Waals surface area contributed by atoms with Gasteiger partial charge in [-0.1, -0.05) is 0 Å². The van der Waals surface area contributed by atoms with Crippen LogP contribution in [-0.2, 0) is 0 Å². The van der Waals surface area contributed by atoms with Crippen molar-refractivity contribution in [3.8, 4) is 6.01 Å². The molecule has 0 atom stereocenters. The molecular weight excluding hydrogens is 214 g/mol. The Morgan fingerprint density at radius 2 is 2.27 bits per heavy atom. The summed E-state index contributed by atoms with van der Waals surface area (Å²) < 4.78 is 4.88. The van der Waals surface area contributed by atoms with Crippen molar-refractivity contribution >= 4 is 28.9 Å². The Labute approximate surface area is 90.2 Å². The van der Waals surface area contributed by atoms with Gasteiger partial charge in [-0.3, -0.25) is 0 Å². The second-order valence-electron chi connectivity index (χ2n) is 2.64. The van der Waals surface area contributed by atoms with Crippen molar-refractivity contribution in [3.63, 3.8) is 0 Å². The Kier molecular flexibility index (Phi) is 2.64. The third kappa shape index (κ3) is 2.32. The van der Waals surface area contributed by atoms with E-state index in [1.807, 2.05) is 16.8 Å². The SMILES string of the molecule is COc1nc(N)nc(Nc2ccsc2)n1. The van der Waals surface area contributed by atoms with Crippen molar-refractivity contribution in [2.24, 2.45) is 0 Å². The van der Waals surface area contributed by atoms with Gasteiger partial charge in [0, 0.05) is 5.38 Å². The molecule has 2 rings (SSSR count). The van der Waals surface area contributed by atoms with Crippen molar-refractivity contribution in [1.82, 2.24) is 15.0 Å². The summed E-state index contributed by atoms with van der Waals surface area (Å²) in [5.74, 6) is 0.498. The quantitative estimate of drug-likeness (QED) is 0.814. The van der Waals surface area contributed by atoms with Crippen LogP contribution in [0.4, 0.5) is 17.6 Å². The average Bonchev–Trinajstić information content (AvgIpc) is 2.69. The lowest BCUT2D eigenvalue weighted by atomic mass is 10.5. The monoisotopic (exact) mass is 223 g/mol. The molecule has 2 aromatic rings. The minimum absolute atomic E-state index is 0.125. The smallest absolute Gasteiger partial charge is 0.322 e. The molecule has 0 fully saturated rings. The third-order valence-electron chi connectivity index (χ3n) is 1.59. The topological polar surface area (TPSA) is 86.0 Å². The lowest BCUT2D eigenvalue weighted by Crippen LogP contribution is -2.04. The normalized spacial score (nSPS) is 9.93. The number of rotatable bonds is 3. The van der Waals surface area contributed by atoms with Crippen molar-refractivity contribution < 1.29 is 4.74 Å². The molecule has 0 amide bonds. The van der Waals surface area contributed by atoms with Gasteiger partial charge >= 0.3 is 6.01 Å². The standard InChI is InChI=1S/C8H9N5OS/c1-14-8-12-6(9)11-7(13-8)10-5-2-3-15-4-5/h2-4H,1H3,(H3,9,10,11,12,13). The number of nitrogens with zero attached hydrogens (tertiary/aromatic N) is 3. The number of nitrogen functional groups attached to an aromatic ring is 1. The van der Waals surface area contributed by atoms with Gasteiger partial charge in [-0.25, -0.2) is 0 Å². The van der Waals surface area contributed by atoms with Crippen LogP contribution in [-0.4, -0.2) is 22.1 Å². The molecule has 3 N–H and O–H groups in total. The zero-order chi connectivity index (χ0) is 10.7. The summed E-state index contributed by atoms with van der Waals surface area (Å²) in [5.41, 5.74) is 6.39. The molecule has 0 spiro atoms. The average molecular weight is 223 g/mol. The fourth-order valence-corrected chi connectivity index (χ4v) is 1.57. The molecule has 0 saturated carbocycles. The van der Waals surface area contributed by atoms with Crippen molar-refractivity contribution in [3.05, 3.63) is 16.8 Å². The largest absolute Gasteiger partial charge is 0.467 e. The fourth-order valence-electron chi connectivity index (χ4n) is 0.984. The van der Waals surface area contributed by atoms with E-state index in [9.17, 15) is 0 Å². The molecule has 0 bridgehead atoms. The first kappa shape index (κ1) is 9.66. The predicted octanol–water partition coefficient (Wildman–Crippen LogP) is 1.27. The van der Waals surface area contributed by atoms with Crippen molar-refractivity contribution in [2.75, 3.05) is 18.2 Å². The number of nitrogens with one attached hydrogen (secondary N) is 1. The number of nitrogens with two attached hydrogens (primary N) is 1. The summed E-state index contributed by atoms with van der Waals surface area (Å²) in [5, 5.41) is 6.87. The highest BCUT2D eigenvalue weighted by Crippen LogP contribution is 2.17. The van der Waals surface area contributed by atoms with E-state index in [1.165, 1.54) is 7.11 Å². The Bertz CT molecular complexity index is 444. The first-order valence-corrected chi connectivity index (χ1v) is 5.07. The summed E-state index contributed by atoms with van der Waals surface area (Å²) in [6, 6.07) is 2.11. The maximum Gasteiger partial charge on any atom is 0.322 e. The van der Waals surface area contributed by atoms with Crippen LogP contribution >= 0.6 is 11.3 Å². The molecular formula is C8H9N5OS. The van der Waals surface area contributed by atoms with Gasteiger partial charge in [0.25, 0.3) is 0 Å². The van der Waals surface area contributed by atoms with Crippen LogP contribution in [0.2, 0.25) is 0 Å². The van der Waals surface area contributed by atoms with Gasteiger partial charge in [-0.2, -0.15) is 26.3 Å². The van der Waals surface area contributed by atoms with Crippen LogP contribution < -0.4 is 15.8 Å². The van der Waals surface area contributed by atoms with E-state index >= 15 is 0 Å². The molecule has 0 aliphatic heterocycles. The van der Waals surface area contributed by atoms with Crippen molar-refractivity contribution in [1.29, 1.82) is 0 Å². The minimum atomic E-state index is 0.125. The van der Waals surface area contributed by atoms with Gasteiger partial charge < -0.3 is 15.8 Å². The second-order valence-corrected chi connectivity index (χ2v) is 3.42. The van der Waals surface area contributed by atoms with E-state index in [-0.39, 0.29) is 12.0 Å². The highest BCUT2D eigenvalue weighted by atomic mass is 32.1. The van der Waals surface area contributed by atoms with Gasteiger partial charge in [0.1, 0.15) is 0 Å². The van der Waals surface area contributed by atoms with Crippen LogP contribution in [0, 0.1) is 0 Å². The van der Waals surface area contributed by atoms with E-state index in [2.05, 4.69) is 20.3 Å². The molecule has 0 saturated heterocycles. The molecule has 0 radical (unpaired) electrons. The van der Waals surface area contributed by atoms with Crippen LogP contribution in [0.1, 0.15) is 0 Å². The molecule has 2 aromatic heterocycles. The Balaban J connectivity index is 2.24. The van der Waals surface area contributed by atoms with E-state index in [4.69, 9.17) is 10.5 Å². The summed E-state index contributed by atoms with van der Waals surface area (Å²) in [7, 11) is 1.48. The highest BCUT2D eigenvalue weighted by Gasteiger charge is 2.04. The molecule has 7 heteroatoms. The molecule has 0 aromatic carbocycles. The lowest BCUT2D eigenvalue weighted by Gasteiger charge is -2.04. The zero-order valence-corrected chi connectivity index (χ0v) is 8.78. The predicted molar refractivity (Wildman–Crippen MR) is 58.4 cm³/mol. The van der Waals surface area contributed by atoms with Gasteiger partial charge in [0.05, 0.1) is 12.8 Å². The molecule has 78 valence electrons. The lowest BCUT2D eigenvalue weighted by molar-refractivity contribution is 0.380. The van der Waals surface area contributed by atoms with Crippen LogP contribution in [0.5, 0.6) is 6.01 Å². The number of hydrogen-bond acceptors (Lipinski definition) is 7. The van der Waals surface area contributed by atoms with E-state index < -0.39 is 0 Å².